The molecule has 0 aliphatic carbocycles. The number of hydrogen-bond acceptors (Lipinski definition) is 4. The van der Waals surface area contributed by atoms with Gasteiger partial charge in [0.15, 0.2) is 0 Å². The summed E-state index contributed by atoms with van der Waals surface area (Å²) in [7, 11) is 0. The Morgan fingerprint density at radius 3 is 3.16 bits per heavy atom. The van der Waals surface area contributed by atoms with Crippen molar-refractivity contribution in [1.82, 2.24) is 0 Å². The minimum atomic E-state index is -0.532. The van der Waals surface area contributed by atoms with Crippen LogP contribution in [0.15, 0.2) is 18.2 Å². The Kier molecular flexibility index (Phi) is 3.16. The van der Waals surface area contributed by atoms with Gasteiger partial charge < -0.3 is 20.7 Å². The number of carbonyl (C=O) groups is 1. The number of hydrogen-bond donors (Lipinski definition) is 2. The molecule has 3 N–H and O–H groups in total. The molecular formula is C14H19N3O2. The predicted molar refractivity (Wildman–Crippen MR) is 74.2 cm³/mol. The zero-order valence-corrected chi connectivity index (χ0v) is 11.1. The standard InChI is InChI=1S/C14H19N3O2/c1-9-8-17(5-2-6-19-9)10-3-4-11-12(7-10)16-14(18)13(11)15/h3-4,7,9,13H,2,5-6,8,15H2,1H3,(H,16,18). The van der Waals surface area contributed by atoms with Crippen LogP contribution in [0.4, 0.5) is 11.4 Å². The lowest BCUT2D eigenvalue weighted by Gasteiger charge is -2.24. The molecule has 5 heteroatoms. The van der Waals surface area contributed by atoms with Crippen LogP contribution in [0.3, 0.4) is 0 Å². The molecule has 102 valence electrons. The number of anilines is 2. The van der Waals surface area contributed by atoms with Crippen molar-refractivity contribution in [1.29, 1.82) is 0 Å². The number of amides is 1. The van der Waals surface area contributed by atoms with E-state index in [1.807, 2.05) is 18.2 Å². The predicted octanol–water partition coefficient (Wildman–Crippen LogP) is 1.25. The summed E-state index contributed by atoms with van der Waals surface area (Å²) >= 11 is 0. The average Bonchev–Trinajstić information content (AvgIpc) is 2.57. The first-order valence-electron chi connectivity index (χ1n) is 6.72. The fourth-order valence-electron chi connectivity index (χ4n) is 2.70. The molecule has 2 aliphatic heterocycles. The summed E-state index contributed by atoms with van der Waals surface area (Å²) in [5.41, 5.74) is 8.66. The zero-order valence-electron chi connectivity index (χ0n) is 11.1. The fraction of sp³-hybridized carbons (Fsp3) is 0.500. The van der Waals surface area contributed by atoms with Crippen LogP contribution < -0.4 is 16.0 Å². The van der Waals surface area contributed by atoms with Gasteiger partial charge in [-0.05, 0) is 25.5 Å². The lowest BCUT2D eigenvalue weighted by Crippen LogP contribution is -2.30. The quantitative estimate of drug-likeness (QED) is 0.798. The second-order valence-corrected chi connectivity index (χ2v) is 5.22. The summed E-state index contributed by atoms with van der Waals surface area (Å²) in [6.07, 6.45) is 1.25. The molecule has 0 bridgehead atoms. The molecule has 0 spiro atoms. The van der Waals surface area contributed by atoms with Crippen molar-refractivity contribution in [3.05, 3.63) is 23.8 Å². The number of rotatable bonds is 1. The van der Waals surface area contributed by atoms with E-state index in [9.17, 15) is 4.79 Å². The van der Waals surface area contributed by atoms with E-state index in [-0.39, 0.29) is 12.0 Å². The average molecular weight is 261 g/mol. The van der Waals surface area contributed by atoms with E-state index >= 15 is 0 Å². The number of carbonyl (C=O) groups excluding carboxylic acids is 1. The Labute approximate surface area is 112 Å². The van der Waals surface area contributed by atoms with Crippen molar-refractivity contribution >= 4 is 17.3 Å². The maximum absolute atomic E-state index is 11.6. The molecule has 5 nitrogen and oxygen atoms in total. The summed E-state index contributed by atoms with van der Waals surface area (Å²) in [6.45, 7) is 4.75. The molecule has 1 saturated heterocycles. The number of benzene rings is 1. The second-order valence-electron chi connectivity index (χ2n) is 5.22. The number of nitrogens with zero attached hydrogens (tertiary/aromatic N) is 1. The number of nitrogens with two attached hydrogens (primary N) is 1. The smallest absolute Gasteiger partial charge is 0.245 e. The third-order valence-corrected chi connectivity index (χ3v) is 3.73. The topological polar surface area (TPSA) is 67.6 Å². The highest BCUT2D eigenvalue weighted by molar-refractivity contribution is 6.02. The third kappa shape index (κ3) is 2.31. The van der Waals surface area contributed by atoms with Crippen LogP contribution in [-0.4, -0.2) is 31.7 Å². The van der Waals surface area contributed by atoms with Crippen molar-refractivity contribution in [3.63, 3.8) is 0 Å². The summed E-state index contributed by atoms with van der Waals surface area (Å²) in [5, 5.41) is 2.83. The highest BCUT2D eigenvalue weighted by Crippen LogP contribution is 2.33. The summed E-state index contributed by atoms with van der Waals surface area (Å²) in [4.78, 5) is 13.9. The van der Waals surface area contributed by atoms with E-state index < -0.39 is 6.04 Å². The summed E-state index contributed by atoms with van der Waals surface area (Å²) in [6, 6.07) is 5.47. The zero-order chi connectivity index (χ0) is 13.4. The van der Waals surface area contributed by atoms with Gasteiger partial charge in [0, 0.05) is 36.6 Å². The Bertz CT molecular complexity index is 503. The lowest BCUT2D eigenvalue weighted by atomic mass is 10.1. The van der Waals surface area contributed by atoms with E-state index in [4.69, 9.17) is 10.5 Å². The van der Waals surface area contributed by atoms with Crippen LogP contribution in [0.2, 0.25) is 0 Å². The van der Waals surface area contributed by atoms with Crippen LogP contribution in [0.1, 0.15) is 24.9 Å². The molecule has 2 atom stereocenters. The largest absolute Gasteiger partial charge is 0.377 e. The van der Waals surface area contributed by atoms with Gasteiger partial charge in [0.1, 0.15) is 6.04 Å². The van der Waals surface area contributed by atoms with Crippen molar-refractivity contribution in [2.75, 3.05) is 29.9 Å². The molecule has 3 rings (SSSR count). The molecule has 19 heavy (non-hydrogen) atoms. The van der Waals surface area contributed by atoms with Crippen LogP contribution in [0.25, 0.3) is 0 Å². The summed E-state index contributed by atoms with van der Waals surface area (Å²) < 4.78 is 5.65. The van der Waals surface area contributed by atoms with Crippen LogP contribution >= 0.6 is 0 Å². The molecule has 1 amide bonds. The molecule has 2 aliphatic rings. The molecule has 2 unspecified atom stereocenters. The first kappa shape index (κ1) is 12.4. The first-order valence-corrected chi connectivity index (χ1v) is 6.72. The number of fused-ring (bicyclic) bond motifs is 1. The van der Waals surface area contributed by atoms with Crippen molar-refractivity contribution < 1.29 is 9.53 Å². The van der Waals surface area contributed by atoms with Gasteiger partial charge >= 0.3 is 0 Å². The Morgan fingerprint density at radius 2 is 2.32 bits per heavy atom. The van der Waals surface area contributed by atoms with E-state index in [0.717, 1.165) is 43.1 Å². The van der Waals surface area contributed by atoms with Gasteiger partial charge in [0.25, 0.3) is 0 Å². The van der Waals surface area contributed by atoms with Gasteiger partial charge in [-0.25, -0.2) is 0 Å². The van der Waals surface area contributed by atoms with Crippen molar-refractivity contribution in [2.24, 2.45) is 5.73 Å². The van der Waals surface area contributed by atoms with E-state index in [0.29, 0.717) is 0 Å². The van der Waals surface area contributed by atoms with Gasteiger partial charge in [-0.3, -0.25) is 4.79 Å². The van der Waals surface area contributed by atoms with Crippen molar-refractivity contribution in [2.45, 2.75) is 25.5 Å². The van der Waals surface area contributed by atoms with Gasteiger partial charge in [-0.15, -0.1) is 0 Å². The normalized spacial score (nSPS) is 26.8. The lowest BCUT2D eigenvalue weighted by molar-refractivity contribution is -0.116. The first-order chi connectivity index (χ1) is 9.15. The van der Waals surface area contributed by atoms with Gasteiger partial charge in [0.05, 0.1) is 6.10 Å². The SMILES string of the molecule is CC1CN(c2ccc3c(c2)NC(=O)C3N)CCCO1. The number of ether oxygens (including phenoxy) is 1. The highest BCUT2D eigenvalue weighted by Gasteiger charge is 2.27. The Morgan fingerprint density at radius 1 is 1.47 bits per heavy atom. The van der Waals surface area contributed by atoms with Crippen LogP contribution in [0, 0.1) is 0 Å². The highest BCUT2D eigenvalue weighted by atomic mass is 16.5. The van der Waals surface area contributed by atoms with Gasteiger partial charge in [0.2, 0.25) is 5.91 Å². The molecule has 0 saturated carbocycles. The maximum atomic E-state index is 11.6. The minimum Gasteiger partial charge on any atom is -0.377 e. The van der Waals surface area contributed by atoms with Crippen LogP contribution in [-0.2, 0) is 9.53 Å². The van der Waals surface area contributed by atoms with Crippen LogP contribution in [0.5, 0.6) is 0 Å². The van der Waals surface area contributed by atoms with E-state index in [1.165, 1.54) is 0 Å². The molecule has 1 fully saturated rings. The maximum Gasteiger partial charge on any atom is 0.245 e. The molecular weight excluding hydrogens is 242 g/mol. The molecule has 1 aromatic carbocycles. The molecule has 0 radical (unpaired) electrons. The van der Waals surface area contributed by atoms with E-state index in [1.54, 1.807) is 0 Å². The minimum absolute atomic E-state index is 0.125. The third-order valence-electron chi connectivity index (χ3n) is 3.73. The van der Waals surface area contributed by atoms with Gasteiger partial charge in [-0.2, -0.15) is 0 Å². The van der Waals surface area contributed by atoms with Crippen molar-refractivity contribution in [3.8, 4) is 0 Å². The number of nitrogens with one attached hydrogen (secondary N) is 1. The summed E-state index contributed by atoms with van der Waals surface area (Å²) in [5.74, 6) is -0.125. The monoisotopic (exact) mass is 261 g/mol. The molecule has 0 aromatic heterocycles. The second kappa shape index (κ2) is 4.83. The molecule has 1 aromatic rings. The van der Waals surface area contributed by atoms with Gasteiger partial charge in [-0.1, -0.05) is 6.07 Å². The molecule has 2 heterocycles. The Balaban J connectivity index is 1.86. The Hall–Kier alpha value is -1.59. The fourth-order valence-corrected chi connectivity index (χ4v) is 2.70. The van der Waals surface area contributed by atoms with E-state index in [2.05, 4.69) is 17.1 Å².